The first-order valence-corrected chi connectivity index (χ1v) is 10.1. The number of nitrogens with one attached hydrogen (secondary N) is 3. The summed E-state index contributed by atoms with van der Waals surface area (Å²) in [6.45, 7) is 5.10. The molecule has 27 heavy (non-hydrogen) atoms. The number of rotatable bonds is 7. The fraction of sp³-hybridized carbons (Fsp3) is 0.278. The molecule has 0 radical (unpaired) electrons. The standard InChI is InChI=1S/C18H21ClFN3O3S/c1-11(2)23-27(25,26)15-7-4-13(5-8-15)22-18(24)12(3)21-14-6-9-17(20)16(19)10-14/h4-12,21,23H,1-3H3,(H,22,24)/t12-/m1/s1. The number of sulfonamides is 1. The first-order chi connectivity index (χ1) is 12.6. The van der Waals surface area contributed by atoms with Crippen LogP contribution in [0, 0.1) is 5.82 Å². The van der Waals surface area contributed by atoms with Crippen LogP contribution in [-0.4, -0.2) is 26.4 Å². The number of hydrogen-bond acceptors (Lipinski definition) is 4. The van der Waals surface area contributed by atoms with Crippen molar-refractivity contribution in [3.63, 3.8) is 0 Å². The van der Waals surface area contributed by atoms with Crippen molar-refractivity contribution in [1.82, 2.24) is 4.72 Å². The Kier molecular flexibility index (Phi) is 6.80. The second-order valence-corrected chi connectivity index (χ2v) is 8.41. The summed E-state index contributed by atoms with van der Waals surface area (Å²) in [6, 6.07) is 9.08. The van der Waals surface area contributed by atoms with Crippen LogP contribution in [0.3, 0.4) is 0 Å². The van der Waals surface area contributed by atoms with Crippen LogP contribution in [0.2, 0.25) is 5.02 Å². The lowest BCUT2D eigenvalue weighted by molar-refractivity contribution is -0.116. The molecular weight excluding hydrogens is 393 g/mol. The maximum absolute atomic E-state index is 13.2. The fourth-order valence-corrected chi connectivity index (χ4v) is 3.68. The Hall–Kier alpha value is -2.16. The number of hydrogen-bond donors (Lipinski definition) is 3. The lowest BCUT2D eigenvalue weighted by atomic mass is 10.2. The van der Waals surface area contributed by atoms with Crippen LogP contribution < -0.4 is 15.4 Å². The summed E-state index contributed by atoms with van der Waals surface area (Å²) in [5, 5.41) is 5.56. The molecule has 0 saturated carbocycles. The van der Waals surface area contributed by atoms with E-state index in [1.54, 1.807) is 20.8 Å². The topological polar surface area (TPSA) is 87.3 Å². The Morgan fingerprint density at radius 2 is 1.63 bits per heavy atom. The molecule has 0 aliphatic rings. The molecule has 9 heteroatoms. The zero-order valence-electron chi connectivity index (χ0n) is 15.1. The van der Waals surface area contributed by atoms with Crippen LogP contribution in [0.1, 0.15) is 20.8 Å². The van der Waals surface area contributed by atoms with E-state index in [4.69, 9.17) is 11.6 Å². The van der Waals surface area contributed by atoms with Gasteiger partial charge in [0, 0.05) is 17.4 Å². The first kappa shape index (κ1) is 21.1. The highest BCUT2D eigenvalue weighted by atomic mass is 35.5. The molecule has 0 aliphatic heterocycles. The summed E-state index contributed by atoms with van der Waals surface area (Å²) in [4.78, 5) is 12.4. The van der Waals surface area contributed by atoms with Gasteiger partial charge in [0.25, 0.3) is 0 Å². The minimum absolute atomic E-state index is 0.0422. The smallest absolute Gasteiger partial charge is 0.246 e. The van der Waals surface area contributed by atoms with Crippen LogP contribution in [0.4, 0.5) is 15.8 Å². The average molecular weight is 414 g/mol. The van der Waals surface area contributed by atoms with Crippen molar-refractivity contribution < 1.29 is 17.6 Å². The van der Waals surface area contributed by atoms with E-state index in [-0.39, 0.29) is 21.9 Å². The minimum Gasteiger partial charge on any atom is -0.374 e. The van der Waals surface area contributed by atoms with Crippen molar-refractivity contribution >= 4 is 38.9 Å². The average Bonchev–Trinajstić information content (AvgIpc) is 2.57. The van der Waals surface area contributed by atoms with Gasteiger partial charge in [-0.1, -0.05) is 11.6 Å². The Bertz CT molecular complexity index is 918. The van der Waals surface area contributed by atoms with E-state index < -0.39 is 21.9 Å². The number of amides is 1. The van der Waals surface area contributed by atoms with E-state index >= 15 is 0 Å². The van der Waals surface area contributed by atoms with Gasteiger partial charge < -0.3 is 10.6 Å². The van der Waals surface area contributed by atoms with Crippen LogP contribution in [-0.2, 0) is 14.8 Å². The van der Waals surface area contributed by atoms with Crippen molar-refractivity contribution in [2.75, 3.05) is 10.6 Å². The molecule has 1 amide bonds. The third-order valence-corrected chi connectivity index (χ3v) is 5.48. The summed E-state index contributed by atoms with van der Waals surface area (Å²) in [7, 11) is -3.59. The van der Waals surface area contributed by atoms with Gasteiger partial charge in [0.1, 0.15) is 11.9 Å². The Morgan fingerprint density at radius 1 is 1.04 bits per heavy atom. The third kappa shape index (κ3) is 5.92. The van der Waals surface area contributed by atoms with Crippen LogP contribution in [0.15, 0.2) is 47.4 Å². The number of benzene rings is 2. The molecule has 2 rings (SSSR count). The second kappa shape index (κ2) is 8.69. The van der Waals surface area contributed by atoms with Gasteiger partial charge in [0.2, 0.25) is 15.9 Å². The van der Waals surface area contributed by atoms with Crippen molar-refractivity contribution in [3.05, 3.63) is 53.3 Å². The molecule has 146 valence electrons. The molecule has 0 saturated heterocycles. The molecule has 0 bridgehead atoms. The number of halogens is 2. The molecule has 3 N–H and O–H groups in total. The predicted molar refractivity (Wildman–Crippen MR) is 105 cm³/mol. The van der Waals surface area contributed by atoms with Gasteiger partial charge >= 0.3 is 0 Å². The van der Waals surface area contributed by atoms with Crippen LogP contribution >= 0.6 is 11.6 Å². The summed E-state index contributed by atoms with van der Waals surface area (Å²) in [5.74, 6) is -0.882. The van der Waals surface area contributed by atoms with E-state index in [0.29, 0.717) is 11.4 Å². The van der Waals surface area contributed by atoms with Gasteiger partial charge in [-0.25, -0.2) is 17.5 Å². The highest BCUT2D eigenvalue weighted by Crippen LogP contribution is 2.20. The largest absolute Gasteiger partial charge is 0.374 e. The molecule has 0 heterocycles. The lowest BCUT2D eigenvalue weighted by Crippen LogP contribution is -2.32. The van der Waals surface area contributed by atoms with E-state index in [1.165, 1.54) is 42.5 Å². The van der Waals surface area contributed by atoms with Gasteiger partial charge in [0.15, 0.2) is 0 Å². The normalized spacial score (nSPS) is 12.7. The van der Waals surface area contributed by atoms with Crippen molar-refractivity contribution in [1.29, 1.82) is 0 Å². The second-order valence-electron chi connectivity index (χ2n) is 6.28. The third-order valence-electron chi connectivity index (χ3n) is 3.52. The maximum Gasteiger partial charge on any atom is 0.246 e. The summed E-state index contributed by atoms with van der Waals surface area (Å²) in [5.41, 5.74) is 0.958. The highest BCUT2D eigenvalue weighted by Gasteiger charge is 2.17. The zero-order valence-corrected chi connectivity index (χ0v) is 16.7. The molecule has 1 atom stereocenters. The molecule has 2 aromatic carbocycles. The highest BCUT2D eigenvalue weighted by molar-refractivity contribution is 7.89. The molecule has 0 fully saturated rings. The van der Waals surface area contributed by atoms with Crippen molar-refractivity contribution in [2.24, 2.45) is 0 Å². The van der Waals surface area contributed by atoms with E-state index in [0.717, 1.165) is 0 Å². The number of anilines is 2. The van der Waals surface area contributed by atoms with Crippen LogP contribution in [0.25, 0.3) is 0 Å². The predicted octanol–water partition coefficient (Wildman–Crippen LogP) is 3.60. The zero-order chi connectivity index (χ0) is 20.2. The quantitative estimate of drug-likeness (QED) is 0.647. The monoisotopic (exact) mass is 413 g/mol. The first-order valence-electron chi connectivity index (χ1n) is 8.23. The van der Waals surface area contributed by atoms with Gasteiger partial charge in [-0.2, -0.15) is 0 Å². The summed E-state index contributed by atoms with van der Waals surface area (Å²) in [6.07, 6.45) is 0. The number of carbonyl (C=O) groups is 1. The van der Waals surface area contributed by atoms with Crippen LogP contribution in [0.5, 0.6) is 0 Å². The summed E-state index contributed by atoms with van der Waals surface area (Å²) < 4.78 is 39.9. The minimum atomic E-state index is -3.59. The molecular formula is C18H21ClFN3O3S. The Morgan fingerprint density at radius 3 is 2.19 bits per heavy atom. The molecule has 0 aliphatic carbocycles. The fourth-order valence-electron chi connectivity index (χ4n) is 2.25. The molecule has 2 aromatic rings. The lowest BCUT2D eigenvalue weighted by Gasteiger charge is -2.16. The van der Waals surface area contributed by atoms with E-state index in [2.05, 4.69) is 15.4 Å². The van der Waals surface area contributed by atoms with E-state index in [9.17, 15) is 17.6 Å². The van der Waals surface area contributed by atoms with Crippen molar-refractivity contribution in [3.8, 4) is 0 Å². The summed E-state index contributed by atoms with van der Waals surface area (Å²) >= 11 is 5.72. The molecule has 0 spiro atoms. The Labute approximate surface area is 163 Å². The van der Waals surface area contributed by atoms with Gasteiger partial charge in [0.05, 0.1) is 9.92 Å². The van der Waals surface area contributed by atoms with Gasteiger partial charge in [-0.15, -0.1) is 0 Å². The van der Waals surface area contributed by atoms with Crippen molar-refractivity contribution in [2.45, 2.75) is 37.8 Å². The Balaban J connectivity index is 2.01. The molecule has 0 unspecified atom stereocenters. The molecule has 0 aromatic heterocycles. The molecule has 6 nitrogen and oxygen atoms in total. The van der Waals surface area contributed by atoms with Gasteiger partial charge in [-0.05, 0) is 63.2 Å². The number of carbonyl (C=O) groups excluding carboxylic acids is 1. The SMILES string of the molecule is CC(C)NS(=O)(=O)c1ccc(NC(=O)[C@@H](C)Nc2ccc(F)c(Cl)c2)cc1. The van der Waals surface area contributed by atoms with Gasteiger partial charge in [-0.3, -0.25) is 4.79 Å². The maximum atomic E-state index is 13.2. The van der Waals surface area contributed by atoms with E-state index in [1.807, 2.05) is 0 Å².